The molecule has 0 radical (unpaired) electrons. The molecule has 0 aromatic carbocycles. The van der Waals surface area contributed by atoms with Gasteiger partial charge in [0.15, 0.2) is 6.10 Å². The van der Waals surface area contributed by atoms with Gasteiger partial charge in [0.2, 0.25) is 0 Å². The molecule has 2 saturated heterocycles. The van der Waals surface area contributed by atoms with Crippen molar-refractivity contribution in [1.82, 2.24) is 20.9 Å². The number of ether oxygens (including phenoxy) is 1. The van der Waals surface area contributed by atoms with Gasteiger partial charge in [-0.2, -0.15) is 0 Å². The number of carbonyl (C=O) groups is 2. The SMILES string of the molecule is O=C(NCCN1CCNCC1)NCC1CCC(C(=O)O)O1. The maximum absolute atomic E-state index is 11.6. The molecule has 0 spiro atoms. The summed E-state index contributed by atoms with van der Waals surface area (Å²) in [5.74, 6) is -0.932. The fraction of sp³-hybridized carbons (Fsp3) is 0.846. The Balaban J connectivity index is 1.52. The number of carboxylic acids is 1. The Bertz CT molecular complexity index is 360. The maximum Gasteiger partial charge on any atom is 0.332 e. The van der Waals surface area contributed by atoms with Crippen molar-refractivity contribution in [3.05, 3.63) is 0 Å². The van der Waals surface area contributed by atoms with E-state index in [9.17, 15) is 9.59 Å². The van der Waals surface area contributed by atoms with Gasteiger partial charge in [-0.15, -0.1) is 0 Å². The van der Waals surface area contributed by atoms with E-state index in [-0.39, 0.29) is 12.1 Å². The second kappa shape index (κ2) is 8.16. The summed E-state index contributed by atoms with van der Waals surface area (Å²) in [5, 5.41) is 17.6. The quantitative estimate of drug-likeness (QED) is 0.492. The van der Waals surface area contributed by atoms with Crippen LogP contribution >= 0.6 is 0 Å². The first-order chi connectivity index (χ1) is 10.1. The predicted octanol–water partition coefficient (Wildman–Crippen LogP) is -1.18. The summed E-state index contributed by atoms with van der Waals surface area (Å²) in [6.45, 7) is 5.81. The number of amides is 2. The van der Waals surface area contributed by atoms with Gasteiger partial charge in [0.05, 0.1) is 6.10 Å². The van der Waals surface area contributed by atoms with Crippen LogP contribution in [0.15, 0.2) is 0 Å². The van der Waals surface area contributed by atoms with Crippen molar-refractivity contribution in [2.45, 2.75) is 25.0 Å². The van der Waals surface area contributed by atoms with Gasteiger partial charge in [-0.3, -0.25) is 4.90 Å². The van der Waals surface area contributed by atoms with E-state index in [1.165, 1.54) is 0 Å². The molecule has 2 fully saturated rings. The Morgan fingerprint density at radius 1 is 1.24 bits per heavy atom. The van der Waals surface area contributed by atoms with Crippen LogP contribution in [0.3, 0.4) is 0 Å². The number of piperazine rings is 1. The lowest BCUT2D eigenvalue weighted by atomic mass is 10.2. The van der Waals surface area contributed by atoms with Crippen molar-refractivity contribution >= 4 is 12.0 Å². The summed E-state index contributed by atoms with van der Waals surface area (Å²) in [5.41, 5.74) is 0. The average molecular weight is 300 g/mol. The zero-order valence-electron chi connectivity index (χ0n) is 12.1. The fourth-order valence-electron chi connectivity index (χ4n) is 2.57. The molecule has 2 rings (SSSR count). The standard InChI is InChI=1S/C13H24N4O4/c18-12(19)11-2-1-10(21-11)9-16-13(20)15-5-8-17-6-3-14-4-7-17/h10-11,14H,1-9H2,(H,18,19)(H2,15,16,20). The van der Waals surface area contributed by atoms with E-state index in [0.29, 0.717) is 25.9 Å². The number of carboxylic acid groups (broad SMARTS) is 1. The van der Waals surface area contributed by atoms with Gasteiger partial charge in [0.1, 0.15) is 0 Å². The summed E-state index contributed by atoms with van der Waals surface area (Å²) in [7, 11) is 0. The molecule has 2 heterocycles. The highest BCUT2D eigenvalue weighted by Crippen LogP contribution is 2.18. The maximum atomic E-state index is 11.6. The van der Waals surface area contributed by atoms with Crippen LogP contribution in [0.1, 0.15) is 12.8 Å². The normalized spacial score (nSPS) is 26.5. The first kappa shape index (κ1) is 16.0. The molecular formula is C13H24N4O4. The van der Waals surface area contributed by atoms with Crippen LogP contribution in [-0.2, 0) is 9.53 Å². The first-order valence-corrected chi connectivity index (χ1v) is 7.48. The second-order valence-electron chi connectivity index (χ2n) is 5.39. The van der Waals surface area contributed by atoms with Crippen molar-refractivity contribution in [3.63, 3.8) is 0 Å². The van der Waals surface area contributed by atoms with Crippen molar-refractivity contribution in [3.8, 4) is 0 Å². The average Bonchev–Trinajstić information content (AvgIpc) is 2.95. The molecule has 2 aliphatic heterocycles. The second-order valence-corrected chi connectivity index (χ2v) is 5.39. The lowest BCUT2D eigenvalue weighted by Gasteiger charge is -2.27. The monoisotopic (exact) mass is 300 g/mol. The van der Waals surface area contributed by atoms with Gasteiger partial charge in [0.25, 0.3) is 0 Å². The molecule has 21 heavy (non-hydrogen) atoms. The number of aliphatic carboxylic acids is 1. The Kier molecular flexibility index (Phi) is 6.21. The number of nitrogens with one attached hydrogen (secondary N) is 3. The van der Waals surface area contributed by atoms with Crippen LogP contribution in [0, 0.1) is 0 Å². The van der Waals surface area contributed by atoms with Crippen molar-refractivity contribution < 1.29 is 19.4 Å². The van der Waals surface area contributed by atoms with Crippen LogP contribution in [0.2, 0.25) is 0 Å². The van der Waals surface area contributed by atoms with Gasteiger partial charge < -0.3 is 25.8 Å². The molecule has 2 aliphatic rings. The zero-order valence-corrected chi connectivity index (χ0v) is 12.1. The van der Waals surface area contributed by atoms with Crippen LogP contribution in [0.25, 0.3) is 0 Å². The summed E-state index contributed by atoms with van der Waals surface area (Å²) in [6.07, 6.45) is 0.238. The van der Waals surface area contributed by atoms with Gasteiger partial charge in [-0.25, -0.2) is 9.59 Å². The van der Waals surface area contributed by atoms with Crippen LogP contribution in [0.4, 0.5) is 4.79 Å². The largest absolute Gasteiger partial charge is 0.479 e. The fourth-order valence-corrected chi connectivity index (χ4v) is 2.57. The molecule has 8 nitrogen and oxygen atoms in total. The number of carbonyl (C=O) groups excluding carboxylic acids is 1. The van der Waals surface area contributed by atoms with E-state index in [4.69, 9.17) is 9.84 Å². The Hall–Kier alpha value is -1.38. The number of nitrogens with zero attached hydrogens (tertiary/aromatic N) is 1. The van der Waals surface area contributed by atoms with Crippen LogP contribution < -0.4 is 16.0 Å². The van der Waals surface area contributed by atoms with E-state index >= 15 is 0 Å². The summed E-state index contributed by atoms with van der Waals surface area (Å²) < 4.78 is 5.32. The Morgan fingerprint density at radius 3 is 2.67 bits per heavy atom. The van der Waals surface area contributed by atoms with E-state index in [0.717, 1.165) is 32.7 Å². The Morgan fingerprint density at radius 2 is 2.00 bits per heavy atom. The molecule has 0 bridgehead atoms. The Labute approximate surface area is 124 Å². The number of rotatable bonds is 6. The third-order valence-corrected chi connectivity index (χ3v) is 3.80. The van der Waals surface area contributed by atoms with Crippen molar-refractivity contribution in [1.29, 1.82) is 0 Å². The summed E-state index contributed by atoms with van der Waals surface area (Å²) >= 11 is 0. The lowest BCUT2D eigenvalue weighted by molar-refractivity contribution is -0.149. The molecule has 4 N–H and O–H groups in total. The third-order valence-electron chi connectivity index (χ3n) is 3.80. The molecule has 0 saturated carbocycles. The van der Waals surface area contributed by atoms with E-state index < -0.39 is 12.1 Å². The molecule has 0 aromatic heterocycles. The molecular weight excluding hydrogens is 276 g/mol. The molecule has 2 amide bonds. The minimum atomic E-state index is -0.932. The predicted molar refractivity (Wildman–Crippen MR) is 76.2 cm³/mol. The molecule has 2 atom stereocenters. The highest BCUT2D eigenvalue weighted by molar-refractivity contribution is 5.74. The van der Waals surface area contributed by atoms with E-state index in [1.807, 2.05) is 0 Å². The van der Waals surface area contributed by atoms with Gasteiger partial charge >= 0.3 is 12.0 Å². The van der Waals surface area contributed by atoms with Crippen LogP contribution in [-0.4, -0.2) is 80.0 Å². The molecule has 2 unspecified atom stereocenters. The lowest BCUT2D eigenvalue weighted by Crippen LogP contribution is -2.47. The van der Waals surface area contributed by atoms with Gasteiger partial charge in [-0.1, -0.05) is 0 Å². The highest BCUT2D eigenvalue weighted by Gasteiger charge is 2.30. The third kappa shape index (κ3) is 5.49. The minimum absolute atomic E-state index is 0.204. The molecule has 8 heteroatoms. The molecule has 0 aliphatic carbocycles. The molecule has 120 valence electrons. The van der Waals surface area contributed by atoms with E-state index in [1.54, 1.807) is 0 Å². The molecule has 0 aromatic rings. The van der Waals surface area contributed by atoms with Gasteiger partial charge in [0, 0.05) is 45.8 Å². The summed E-state index contributed by atoms with van der Waals surface area (Å²) in [6, 6.07) is -0.229. The van der Waals surface area contributed by atoms with Gasteiger partial charge in [-0.05, 0) is 12.8 Å². The van der Waals surface area contributed by atoms with E-state index in [2.05, 4.69) is 20.9 Å². The van der Waals surface area contributed by atoms with Crippen molar-refractivity contribution in [2.24, 2.45) is 0 Å². The topological polar surface area (TPSA) is 103 Å². The smallest absolute Gasteiger partial charge is 0.332 e. The van der Waals surface area contributed by atoms with Crippen LogP contribution in [0.5, 0.6) is 0 Å². The first-order valence-electron chi connectivity index (χ1n) is 7.48. The number of urea groups is 1. The minimum Gasteiger partial charge on any atom is -0.479 e. The number of hydrogen-bond acceptors (Lipinski definition) is 5. The zero-order chi connectivity index (χ0) is 15.1. The summed E-state index contributed by atoms with van der Waals surface area (Å²) in [4.78, 5) is 24.7. The highest BCUT2D eigenvalue weighted by atomic mass is 16.5. The van der Waals surface area contributed by atoms with Crippen molar-refractivity contribution in [2.75, 3.05) is 45.8 Å². The number of hydrogen-bond donors (Lipinski definition) is 4.